The molecule has 0 aromatic rings. The molecule has 0 aromatic heterocycles. The second-order valence-corrected chi connectivity index (χ2v) is 4.33. The molecule has 1 heterocycles. The molecule has 2 N–H and O–H groups in total. The van der Waals surface area contributed by atoms with E-state index in [0.717, 1.165) is 11.8 Å². The zero-order chi connectivity index (χ0) is 7.56. The van der Waals surface area contributed by atoms with Crippen LogP contribution in [0.5, 0.6) is 0 Å². The van der Waals surface area contributed by atoms with Crippen LogP contribution in [-0.2, 0) is 0 Å². The highest BCUT2D eigenvalue weighted by Gasteiger charge is 2.27. The van der Waals surface area contributed by atoms with Crippen LogP contribution in [0, 0.1) is 11.8 Å². The number of rotatable bonds is 2. The van der Waals surface area contributed by atoms with Gasteiger partial charge in [0, 0.05) is 11.8 Å². The minimum atomic E-state index is 0.472. The molecule has 0 saturated carbocycles. The van der Waals surface area contributed by atoms with Crippen molar-refractivity contribution >= 4 is 11.8 Å². The summed E-state index contributed by atoms with van der Waals surface area (Å²) in [4.78, 5) is 0. The van der Waals surface area contributed by atoms with Crippen molar-refractivity contribution in [3.8, 4) is 0 Å². The lowest BCUT2D eigenvalue weighted by Gasteiger charge is -2.20. The molecule has 3 unspecified atom stereocenters. The molecular weight excluding hydrogens is 142 g/mol. The molecule has 1 aliphatic rings. The first-order valence-corrected chi connectivity index (χ1v) is 5.24. The summed E-state index contributed by atoms with van der Waals surface area (Å²) in [5.74, 6) is 4.07. The molecule has 1 fully saturated rings. The van der Waals surface area contributed by atoms with Gasteiger partial charge in [0.05, 0.1) is 0 Å². The first-order chi connectivity index (χ1) is 4.75. The lowest BCUT2D eigenvalue weighted by Crippen LogP contribution is -2.32. The monoisotopic (exact) mass is 159 g/mol. The number of thioether (sulfide) groups is 1. The van der Waals surface area contributed by atoms with Crippen LogP contribution >= 0.6 is 11.8 Å². The Morgan fingerprint density at radius 2 is 2.30 bits per heavy atom. The topological polar surface area (TPSA) is 26.0 Å². The summed E-state index contributed by atoms with van der Waals surface area (Å²) in [6.45, 7) is 4.57. The van der Waals surface area contributed by atoms with E-state index in [4.69, 9.17) is 5.73 Å². The lowest BCUT2D eigenvalue weighted by atomic mass is 9.89. The smallest absolute Gasteiger partial charge is 0.0169 e. The quantitative estimate of drug-likeness (QED) is 0.664. The minimum Gasteiger partial charge on any atom is -0.327 e. The van der Waals surface area contributed by atoms with Gasteiger partial charge in [-0.25, -0.2) is 0 Å². The van der Waals surface area contributed by atoms with Crippen molar-refractivity contribution in [2.24, 2.45) is 17.6 Å². The normalized spacial score (nSPS) is 36.3. The lowest BCUT2D eigenvalue weighted by molar-refractivity contribution is 0.350. The van der Waals surface area contributed by atoms with Crippen molar-refractivity contribution < 1.29 is 0 Å². The van der Waals surface area contributed by atoms with Crippen molar-refractivity contribution in [2.45, 2.75) is 26.3 Å². The van der Waals surface area contributed by atoms with Gasteiger partial charge < -0.3 is 5.73 Å². The van der Waals surface area contributed by atoms with Gasteiger partial charge in [-0.05, 0) is 17.6 Å². The summed E-state index contributed by atoms with van der Waals surface area (Å²) < 4.78 is 0. The molecule has 0 amide bonds. The van der Waals surface area contributed by atoms with E-state index in [1.807, 2.05) is 11.8 Å². The fourth-order valence-corrected chi connectivity index (χ4v) is 2.98. The van der Waals surface area contributed by atoms with Gasteiger partial charge >= 0.3 is 0 Å². The Kier molecular flexibility index (Phi) is 3.05. The number of nitrogens with two attached hydrogens (primary N) is 1. The Morgan fingerprint density at radius 1 is 1.60 bits per heavy atom. The Labute approximate surface area is 67.8 Å². The SMILES string of the molecule is CCC(C)C1CSCC1N. The average Bonchev–Trinajstić information content (AvgIpc) is 2.34. The van der Waals surface area contributed by atoms with Gasteiger partial charge in [-0.3, -0.25) is 0 Å². The second-order valence-electron chi connectivity index (χ2n) is 3.25. The Balaban J connectivity index is 2.38. The highest BCUT2D eigenvalue weighted by atomic mass is 32.2. The van der Waals surface area contributed by atoms with Crippen LogP contribution in [0.2, 0.25) is 0 Å². The van der Waals surface area contributed by atoms with E-state index in [2.05, 4.69) is 13.8 Å². The second kappa shape index (κ2) is 3.63. The van der Waals surface area contributed by atoms with Crippen LogP contribution in [0.15, 0.2) is 0 Å². The number of hydrogen-bond donors (Lipinski definition) is 1. The third-order valence-electron chi connectivity index (χ3n) is 2.55. The molecule has 60 valence electrons. The molecule has 0 radical (unpaired) electrons. The van der Waals surface area contributed by atoms with Crippen molar-refractivity contribution in [1.29, 1.82) is 0 Å². The maximum Gasteiger partial charge on any atom is 0.0169 e. The van der Waals surface area contributed by atoms with Crippen LogP contribution < -0.4 is 5.73 Å². The van der Waals surface area contributed by atoms with Gasteiger partial charge in [-0.1, -0.05) is 20.3 Å². The molecule has 0 aliphatic carbocycles. The van der Waals surface area contributed by atoms with Crippen molar-refractivity contribution in [3.05, 3.63) is 0 Å². The molecule has 0 bridgehead atoms. The summed E-state index contributed by atoms with van der Waals surface area (Å²) in [7, 11) is 0. The predicted molar refractivity (Wildman–Crippen MR) is 48.2 cm³/mol. The van der Waals surface area contributed by atoms with E-state index in [0.29, 0.717) is 6.04 Å². The van der Waals surface area contributed by atoms with Gasteiger partial charge in [0.2, 0.25) is 0 Å². The first kappa shape index (κ1) is 8.41. The standard InChI is InChI=1S/C8H17NS/c1-3-6(2)7-4-10-5-8(7)9/h6-8H,3-5,9H2,1-2H3. The zero-order valence-electron chi connectivity index (χ0n) is 6.84. The third-order valence-corrected chi connectivity index (χ3v) is 3.79. The van der Waals surface area contributed by atoms with E-state index in [1.165, 1.54) is 17.9 Å². The van der Waals surface area contributed by atoms with Crippen molar-refractivity contribution in [1.82, 2.24) is 0 Å². The minimum absolute atomic E-state index is 0.472. The van der Waals surface area contributed by atoms with Gasteiger partial charge in [0.25, 0.3) is 0 Å². The Hall–Kier alpha value is 0.310. The highest BCUT2D eigenvalue weighted by molar-refractivity contribution is 7.99. The van der Waals surface area contributed by atoms with Crippen LogP contribution in [0.25, 0.3) is 0 Å². The summed E-state index contributed by atoms with van der Waals surface area (Å²) in [5, 5.41) is 0. The van der Waals surface area contributed by atoms with E-state index in [-0.39, 0.29) is 0 Å². The fraction of sp³-hybridized carbons (Fsp3) is 1.00. The van der Waals surface area contributed by atoms with E-state index in [9.17, 15) is 0 Å². The largest absolute Gasteiger partial charge is 0.327 e. The zero-order valence-corrected chi connectivity index (χ0v) is 7.66. The van der Waals surface area contributed by atoms with Gasteiger partial charge in [-0.2, -0.15) is 11.8 Å². The van der Waals surface area contributed by atoms with Crippen LogP contribution in [0.4, 0.5) is 0 Å². The number of hydrogen-bond acceptors (Lipinski definition) is 2. The molecule has 3 atom stereocenters. The molecule has 1 aliphatic heterocycles. The summed E-state index contributed by atoms with van der Waals surface area (Å²) >= 11 is 2.01. The Morgan fingerprint density at radius 3 is 2.70 bits per heavy atom. The fourth-order valence-electron chi connectivity index (χ4n) is 1.48. The predicted octanol–water partition coefficient (Wildman–Crippen LogP) is 1.72. The maximum atomic E-state index is 5.93. The third kappa shape index (κ3) is 1.67. The van der Waals surface area contributed by atoms with Gasteiger partial charge in [-0.15, -0.1) is 0 Å². The molecule has 0 spiro atoms. The summed E-state index contributed by atoms with van der Waals surface area (Å²) in [6.07, 6.45) is 1.28. The van der Waals surface area contributed by atoms with Gasteiger partial charge in [0.15, 0.2) is 0 Å². The van der Waals surface area contributed by atoms with Crippen molar-refractivity contribution in [2.75, 3.05) is 11.5 Å². The van der Waals surface area contributed by atoms with Crippen LogP contribution in [0.1, 0.15) is 20.3 Å². The van der Waals surface area contributed by atoms with E-state index < -0.39 is 0 Å². The van der Waals surface area contributed by atoms with Crippen molar-refractivity contribution in [3.63, 3.8) is 0 Å². The average molecular weight is 159 g/mol. The molecule has 10 heavy (non-hydrogen) atoms. The van der Waals surface area contributed by atoms with Crippen LogP contribution in [-0.4, -0.2) is 17.5 Å². The maximum absolute atomic E-state index is 5.93. The molecule has 2 heteroatoms. The highest BCUT2D eigenvalue weighted by Crippen LogP contribution is 2.30. The summed E-state index contributed by atoms with van der Waals surface area (Å²) in [5.41, 5.74) is 5.93. The molecule has 1 nitrogen and oxygen atoms in total. The molecule has 0 aromatic carbocycles. The van der Waals surface area contributed by atoms with Crippen LogP contribution in [0.3, 0.4) is 0 Å². The first-order valence-electron chi connectivity index (χ1n) is 4.09. The molecular formula is C8H17NS. The Bertz CT molecular complexity index is 105. The van der Waals surface area contributed by atoms with Gasteiger partial charge in [0.1, 0.15) is 0 Å². The summed E-state index contributed by atoms with van der Waals surface area (Å²) in [6, 6.07) is 0.472. The van der Waals surface area contributed by atoms with E-state index in [1.54, 1.807) is 0 Å². The molecule has 1 rings (SSSR count). The van der Waals surface area contributed by atoms with E-state index >= 15 is 0 Å². The molecule has 1 saturated heterocycles.